The standard InChI is InChI=1S/C23H22ClFN2O4S/c1-15-17-6-2-4-8-19(17)26-20(22(15)24)14-31-23(28)16-10-12-27(13-11-16)32(29,30)21-9-5-3-7-18(21)25/h2-9,16H,10-14H2,1H3. The van der Waals surface area contributed by atoms with E-state index in [0.29, 0.717) is 23.6 Å². The van der Waals surface area contributed by atoms with E-state index in [1.807, 2.05) is 31.2 Å². The summed E-state index contributed by atoms with van der Waals surface area (Å²) in [6.07, 6.45) is 0.592. The molecular formula is C23H22ClFN2O4S. The molecule has 2 heterocycles. The zero-order valence-corrected chi connectivity index (χ0v) is 19.0. The predicted molar refractivity (Wildman–Crippen MR) is 119 cm³/mol. The van der Waals surface area contributed by atoms with Gasteiger partial charge >= 0.3 is 5.97 Å². The number of ether oxygens (including phenoxy) is 1. The van der Waals surface area contributed by atoms with Crippen LogP contribution in [0.1, 0.15) is 24.1 Å². The molecule has 9 heteroatoms. The lowest BCUT2D eigenvalue weighted by atomic mass is 9.98. The molecule has 6 nitrogen and oxygen atoms in total. The summed E-state index contributed by atoms with van der Waals surface area (Å²) >= 11 is 6.42. The van der Waals surface area contributed by atoms with Gasteiger partial charge in [0.2, 0.25) is 10.0 Å². The van der Waals surface area contributed by atoms with E-state index in [4.69, 9.17) is 16.3 Å². The normalized spacial score (nSPS) is 15.7. The molecule has 0 atom stereocenters. The number of fused-ring (bicyclic) bond motifs is 1. The van der Waals surface area contributed by atoms with Gasteiger partial charge in [0, 0.05) is 18.5 Å². The Balaban J connectivity index is 1.39. The lowest BCUT2D eigenvalue weighted by molar-refractivity contribution is -0.151. The first kappa shape index (κ1) is 22.6. The number of aromatic nitrogens is 1. The number of sulfonamides is 1. The van der Waals surface area contributed by atoms with Crippen LogP contribution in [-0.2, 0) is 26.2 Å². The van der Waals surface area contributed by atoms with Crippen molar-refractivity contribution in [3.63, 3.8) is 0 Å². The number of pyridine rings is 1. The second kappa shape index (κ2) is 9.13. The number of hydrogen-bond donors (Lipinski definition) is 0. The van der Waals surface area contributed by atoms with Crippen molar-refractivity contribution in [2.75, 3.05) is 13.1 Å². The van der Waals surface area contributed by atoms with Crippen LogP contribution in [0.4, 0.5) is 4.39 Å². The summed E-state index contributed by atoms with van der Waals surface area (Å²) in [5, 5.41) is 1.40. The van der Waals surface area contributed by atoms with Crippen molar-refractivity contribution in [1.29, 1.82) is 0 Å². The highest BCUT2D eigenvalue weighted by molar-refractivity contribution is 7.89. The minimum Gasteiger partial charge on any atom is -0.459 e. The van der Waals surface area contributed by atoms with Gasteiger partial charge in [-0.25, -0.2) is 17.8 Å². The molecule has 32 heavy (non-hydrogen) atoms. The Morgan fingerprint density at radius 3 is 2.53 bits per heavy atom. The second-order valence-corrected chi connectivity index (χ2v) is 10.0. The molecular weight excluding hydrogens is 455 g/mol. The van der Waals surface area contributed by atoms with Crippen LogP contribution < -0.4 is 0 Å². The van der Waals surface area contributed by atoms with Crippen molar-refractivity contribution in [3.05, 3.63) is 70.6 Å². The van der Waals surface area contributed by atoms with E-state index in [0.717, 1.165) is 22.5 Å². The summed E-state index contributed by atoms with van der Waals surface area (Å²) in [6.45, 7) is 2.07. The lowest BCUT2D eigenvalue weighted by Crippen LogP contribution is -2.40. The monoisotopic (exact) mass is 476 g/mol. The number of carbonyl (C=O) groups is 1. The highest BCUT2D eigenvalue weighted by Crippen LogP contribution is 2.29. The smallest absolute Gasteiger partial charge is 0.309 e. The highest BCUT2D eigenvalue weighted by Gasteiger charge is 2.34. The van der Waals surface area contributed by atoms with Gasteiger partial charge in [-0.2, -0.15) is 4.31 Å². The Labute approximate surface area is 191 Å². The van der Waals surface area contributed by atoms with Crippen LogP contribution >= 0.6 is 11.6 Å². The van der Waals surface area contributed by atoms with Crippen LogP contribution in [0, 0.1) is 18.7 Å². The minimum atomic E-state index is -3.95. The lowest BCUT2D eigenvalue weighted by Gasteiger charge is -2.30. The number of carbonyl (C=O) groups excluding carboxylic acids is 1. The summed E-state index contributed by atoms with van der Waals surface area (Å²) in [5.74, 6) is -1.65. The number of piperidine rings is 1. The third-order valence-electron chi connectivity index (χ3n) is 5.74. The van der Waals surface area contributed by atoms with Crippen LogP contribution in [-0.4, -0.2) is 36.8 Å². The van der Waals surface area contributed by atoms with E-state index < -0.39 is 27.7 Å². The van der Waals surface area contributed by atoms with Crippen molar-refractivity contribution in [1.82, 2.24) is 9.29 Å². The molecule has 1 aromatic heterocycles. The van der Waals surface area contributed by atoms with E-state index in [2.05, 4.69) is 4.98 Å². The molecule has 0 aliphatic carbocycles. The fourth-order valence-electron chi connectivity index (χ4n) is 3.90. The van der Waals surface area contributed by atoms with Crippen molar-refractivity contribution in [2.24, 2.45) is 5.92 Å². The van der Waals surface area contributed by atoms with Gasteiger partial charge in [-0.3, -0.25) is 4.79 Å². The molecule has 3 aromatic rings. The number of aryl methyl sites for hydroxylation is 1. The van der Waals surface area contributed by atoms with Crippen LogP contribution in [0.15, 0.2) is 53.4 Å². The van der Waals surface area contributed by atoms with Gasteiger partial charge in [-0.15, -0.1) is 0 Å². The predicted octanol–water partition coefficient (Wildman–Crippen LogP) is 4.48. The van der Waals surface area contributed by atoms with Gasteiger partial charge in [-0.1, -0.05) is 41.9 Å². The topological polar surface area (TPSA) is 76.6 Å². The fraction of sp³-hybridized carbons (Fsp3) is 0.304. The maximum Gasteiger partial charge on any atom is 0.309 e. The summed E-state index contributed by atoms with van der Waals surface area (Å²) < 4.78 is 46.1. The molecule has 4 rings (SSSR count). The summed E-state index contributed by atoms with van der Waals surface area (Å²) in [6, 6.07) is 12.9. The van der Waals surface area contributed by atoms with Gasteiger partial charge in [0.25, 0.3) is 0 Å². The fourth-order valence-corrected chi connectivity index (χ4v) is 5.63. The Morgan fingerprint density at radius 1 is 1.16 bits per heavy atom. The summed E-state index contributed by atoms with van der Waals surface area (Å²) in [7, 11) is -3.95. The van der Waals surface area contributed by atoms with Crippen molar-refractivity contribution < 1.29 is 22.3 Å². The van der Waals surface area contributed by atoms with Crippen LogP contribution in [0.2, 0.25) is 5.02 Å². The molecule has 0 spiro atoms. The van der Waals surface area contributed by atoms with E-state index in [1.165, 1.54) is 22.5 Å². The number of benzene rings is 2. The quantitative estimate of drug-likeness (QED) is 0.507. The number of esters is 1. The largest absolute Gasteiger partial charge is 0.459 e. The molecule has 1 aliphatic rings. The highest BCUT2D eigenvalue weighted by atomic mass is 35.5. The van der Waals surface area contributed by atoms with Gasteiger partial charge in [0.05, 0.1) is 22.2 Å². The van der Waals surface area contributed by atoms with Crippen molar-refractivity contribution >= 4 is 38.5 Å². The molecule has 168 valence electrons. The average molecular weight is 477 g/mol. The number of nitrogens with zero attached hydrogens (tertiary/aromatic N) is 2. The summed E-state index contributed by atoms with van der Waals surface area (Å²) in [5.41, 5.74) is 2.12. The Morgan fingerprint density at radius 2 is 1.81 bits per heavy atom. The first-order chi connectivity index (χ1) is 15.3. The van der Waals surface area contributed by atoms with Crippen molar-refractivity contribution in [3.8, 4) is 0 Å². The first-order valence-corrected chi connectivity index (χ1v) is 12.1. The number of halogens is 2. The molecule has 0 radical (unpaired) electrons. The molecule has 0 saturated carbocycles. The number of hydrogen-bond acceptors (Lipinski definition) is 5. The maximum absolute atomic E-state index is 14.0. The van der Waals surface area contributed by atoms with Crippen molar-refractivity contribution in [2.45, 2.75) is 31.3 Å². The molecule has 1 aliphatic heterocycles. The maximum atomic E-state index is 14.0. The molecule has 1 saturated heterocycles. The van der Waals surface area contributed by atoms with Gasteiger partial charge < -0.3 is 4.74 Å². The Hall–Kier alpha value is -2.55. The minimum absolute atomic E-state index is 0.0585. The van der Waals surface area contributed by atoms with E-state index in [1.54, 1.807) is 0 Å². The van der Waals surface area contributed by atoms with E-state index >= 15 is 0 Å². The van der Waals surface area contributed by atoms with E-state index in [-0.39, 0.29) is 24.6 Å². The first-order valence-electron chi connectivity index (χ1n) is 10.2. The molecule has 0 amide bonds. The Kier molecular flexibility index (Phi) is 6.46. The van der Waals surface area contributed by atoms with Gasteiger partial charge in [-0.05, 0) is 43.5 Å². The molecule has 1 fully saturated rings. The SMILES string of the molecule is Cc1c(Cl)c(COC(=O)C2CCN(S(=O)(=O)c3ccccc3F)CC2)nc2ccccc12. The Bertz CT molecular complexity index is 1270. The molecule has 0 N–H and O–H groups in total. The number of rotatable bonds is 5. The van der Waals surface area contributed by atoms with Crippen LogP contribution in [0.25, 0.3) is 10.9 Å². The van der Waals surface area contributed by atoms with E-state index in [9.17, 15) is 17.6 Å². The third-order valence-corrected chi connectivity index (χ3v) is 8.17. The zero-order chi connectivity index (χ0) is 22.9. The second-order valence-electron chi connectivity index (χ2n) is 7.73. The average Bonchev–Trinajstić information content (AvgIpc) is 2.80. The molecule has 2 aromatic carbocycles. The van der Waals surface area contributed by atoms with Gasteiger partial charge in [0.1, 0.15) is 17.3 Å². The summed E-state index contributed by atoms with van der Waals surface area (Å²) in [4.78, 5) is 16.7. The van der Waals surface area contributed by atoms with Gasteiger partial charge in [0.15, 0.2) is 0 Å². The molecule has 0 unspecified atom stereocenters. The zero-order valence-electron chi connectivity index (χ0n) is 17.4. The van der Waals surface area contributed by atoms with Crippen LogP contribution in [0.5, 0.6) is 0 Å². The number of para-hydroxylation sites is 1. The third kappa shape index (κ3) is 4.35. The van der Waals surface area contributed by atoms with Crippen LogP contribution in [0.3, 0.4) is 0 Å². The molecule has 0 bridgehead atoms.